The van der Waals surface area contributed by atoms with E-state index in [9.17, 15) is 4.79 Å². The maximum Gasteiger partial charge on any atom is 0.259 e. The number of carbonyl (C=O) groups excluding carboxylic acids is 1. The number of carbonyl (C=O) groups is 1. The van der Waals surface area contributed by atoms with Gasteiger partial charge in [-0.2, -0.15) is 5.10 Å². The molecule has 0 spiro atoms. The smallest absolute Gasteiger partial charge is 0.259 e. The Labute approximate surface area is 86.7 Å². The van der Waals surface area contributed by atoms with Gasteiger partial charge in [-0.25, -0.2) is 0 Å². The van der Waals surface area contributed by atoms with E-state index in [1.54, 1.807) is 37.1 Å². The number of aromatic nitrogens is 2. The summed E-state index contributed by atoms with van der Waals surface area (Å²) in [7, 11) is 1.79. The molecule has 0 saturated heterocycles. The SMILES string of the molecule is Cc1occc1C(=O)Nc1cnn(C)c1. The van der Waals surface area contributed by atoms with E-state index >= 15 is 0 Å². The predicted molar refractivity (Wildman–Crippen MR) is 54.6 cm³/mol. The second kappa shape index (κ2) is 3.61. The maximum atomic E-state index is 11.7. The third-order valence-electron chi connectivity index (χ3n) is 2.07. The second-order valence-electron chi connectivity index (χ2n) is 3.25. The minimum absolute atomic E-state index is 0.186. The molecule has 78 valence electrons. The van der Waals surface area contributed by atoms with Crippen molar-refractivity contribution in [2.45, 2.75) is 6.92 Å². The van der Waals surface area contributed by atoms with Crippen molar-refractivity contribution in [3.63, 3.8) is 0 Å². The van der Waals surface area contributed by atoms with Crippen LogP contribution in [-0.4, -0.2) is 15.7 Å². The Hall–Kier alpha value is -2.04. The number of furan rings is 1. The average Bonchev–Trinajstić information content (AvgIpc) is 2.75. The van der Waals surface area contributed by atoms with Crippen molar-refractivity contribution in [2.75, 3.05) is 5.32 Å². The highest BCUT2D eigenvalue weighted by Gasteiger charge is 2.11. The molecule has 2 heterocycles. The number of rotatable bonds is 2. The fourth-order valence-corrected chi connectivity index (χ4v) is 1.30. The Morgan fingerprint density at radius 2 is 2.40 bits per heavy atom. The van der Waals surface area contributed by atoms with Gasteiger partial charge in [0.25, 0.3) is 5.91 Å². The number of nitrogens with one attached hydrogen (secondary N) is 1. The van der Waals surface area contributed by atoms with Crippen molar-refractivity contribution in [1.29, 1.82) is 0 Å². The third kappa shape index (κ3) is 1.90. The van der Waals surface area contributed by atoms with Crippen LogP contribution in [0.15, 0.2) is 29.1 Å². The van der Waals surface area contributed by atoms with E-state index in [2.05, 4.69) is 10.4 Å². The van der Waals surface area contributed by atoms with E-state index in [0.29, 0.717) is 17.0 Å². The number of hydrogen-bond acceptors (Lipinski definition) is 3. The van der Waals surface area contributed by atoms with Crippen LogP contribution < -0.4 is 5.32 Å². The summed E-state index contributed by atoms with van der Waals surface area (Å²) in [6.07, 6.45) is 4.81. The van der Waals surface area contributed by atoms with Crippen LogP contribution in [-0.2, 0) is 7.05 Å². The Morgan fingerprint density at radius 1 is 1.60 bits per heavy atom. The molecule has 0 aliphatic carbocycles. The molecule has 0 atom stereocenters. The molecule has 2 aromatic rings. The van der Waals surface area contributed by atoms with Crippen LogP contribution in [0.2, 0.25) is 0 Å². The van der Waals surface area contributed by atoms with Crippen LogP contribution >= 0.6 is 0 Å². The molecule has 0 bridgehead atoms. The van der Waals surface area contributed by atoms with Gasteiger partial charge in [0, 0.05) is 13.2 Å². The minimum Gasteiger partial charge on any atom is -0.469 e. The lowest BCUT2D eigenvalue weighted by molar-refractivity contribution is 0.102. The summed E-state index contributed by atoms with van der Waals surface area (Å²) in [5.41, 5.74) is 1.21. The van der Waals surface area contributed by atoms with Crippen LogP contribution in [0, 0.1) is 6.92 Å². The van der Waals surface area contributed by atoms with Crippen molar-refractivity contribution in [1.82, 2.24) is 9.78 Å². The fraction of sp³-hybridized carbons (Fsp3) is 0.200. The molecular weight excluding hydrogens is 194 g/mol. The normalized spacial score (nSPS) is 10.3. The summed E-state index contributed by atoms with van der Waals surface area (Å²) in [5, 5.41) is 6.68. The van der Waals surface area contributed by atoms with E-state index in [1.165, 1.54) is 6.26 Å². The summed E-state index contributed by atoms with van der Waals surface area (Å²) in [6, 6.07) is 1.64. The van der Waals surface area contributed by atoms with Crippen molar-refractivity contribution in [3.8, 4) is 0 Å². The largest absolute Gasteiger partial charge is 0.469 e. The lowest BCUT2D eigenvalue weighted by atomic mass is 10.2. The number of amides is 1. The highest BCUT2D eigenvalue weighted by Crippen LogP contribution is 2.12. The Morgan fingerprint density at radius 3 is 2.93 bits per heavy atom. The first kappa shape index (κ1) is 9.51. The molecule has 0 radical (unpaired) electrons. The average molecular weight is 205 g/mol. The maximum absolute atomic E-state index is 11.7. The molecule has 5 heteroatoms. The fourth-order valence-electron chi connectivity index (χ4n) is 1.30. The molecule has 0 saturated carbocycles. The van der Waals surface area contributed by atoms with Gasteiger partial charge in [-0.1, -0.05) is 0 Å². The van der Waals surface area contributed by atoms with E-state index in [0.717, 1.165) is 0 Å². The van der Waals surface area contributed by atoms with Gasteiger partial charge in [0.15, 0.2) is 0 Å². The number of aryl methyl sites for hydroxylation is 2. The van der Waals surface area contributed by atoms with Gasteiger partial charge in [-0.05, 0) is 13.0 Å². The molecule has 0 aromatic carbocycles. The summed E-state index contributed by atoms with van der Waals surface area (Å²) in [6.45, 7) is 1.75. The van der Waals surface area contributed by atoms with Gasteiger partial charge in [0.1, 0.15) is 5.76 Å². The molecule has 0 unspecified atom stereocenters. The topological polar surface area (TPSA) is 60.1 Å². The van der Waals surface area contributed by atoms with Gasteiger partial charge < -0.3 is 9.73 Å². The molecule has 0 aliphatic rings. The van der Waals surface area contributed by atoms with Crippen LogP contribution in [0.5, 0.6) is 0 Å². The van der Waals surface area contributed by atoms with E-state index in [4.69, 9.17) is 4.42 Å². The zero-order chi connectivity index (χ0) is 10.8. The lowest BCUT2D eigenvalue weighted by Crippen LogP contribution is -2.11. The Kier molecular flexibility index (Phi) is 2.29. The van der Waals surface area contributed by atoms with Crippen molar-refractivity contribution in [2.24, 2.45) is 7.05 Å². The molecule has 15 heavy (non-hydrogen) atoms. The molecule has 1 amide bonds. The van der Waals surface area contributed by atoms with E-state index < -0.39 is 0 Å². The molecule has 2 rings (SSSR count). The second-order valence-corrected chi connectivity index (χ2v) is 3.25. The van der Waals surface area contributed by atoms with E-state index in [1.807, 2.05) is 0 Å². The molecular formula is C10H11N3O2. The number of nitrogens with zero attached hydrogens (tertiary/aromatic N) is 2. The highest BCUT2D eigenvalue weighted by atomic mass is 16.3. The van der Waals surface area contributed by atoms with Crippen molar-refractivity contribution >= 4 is 11.6 Å². The van der Waals surface area contributed by atoms with Gasteiger partial charge in [0.2, 0.25) is 0 Å². The number of anilines is 1. The first-order valence-electron chi connectivity index (χ1n) is 4.51. The summed E-state index contributed by atoms with van der Waals surface area (Å²) >= 11 is 0. The van der Waals surface area contributed by atoms with Crippen molar-refractivity contribution < 1.29 is 9.21 Å². The molecule has 2 aromatic heterocycles. The first-order chi connectivity index (χ1) is 7.16. The zero-order valence-electron chi connectivity index (χ0n) is 8.52. The van der Waals surface area contributed by atoms with Crippen LogP contribution in [0.1, 0.15) is 16.1 Å². The predicted octanol–water partition coefficient (Wildman–Crippen LogP) is 1.57. The monoisotopic (exact) mass is 205 g/mol. The summed E-state index contributed by atoms with van der Waals surface area (Å²) < 4.78 is 6.67. The standard InChI is InChI=1S/C10H11N3O2/c1-7-9(3-4-15-7)10(14)12-8-5-11-13(2)6-8/h3-6H,1-2H3,(H,12,14). The van der Waals surface area contributed by atoms with Crippen LogP contribution in [0.3, 0.4) is 0 Å². The van der Waals surface area contributed by atoms with Gasteiger partial charge in [-0.15, -0.1) is 0 Å². The third-order valence-corrected chi connectivity index (χ3v) is 2.07. The zero-order valence-corrected chi connectivity index (χ0v) is 8.52. The Bertz CT molecular complexity index is 484. The lowest BCUT2D eigenvalue weighted by Gasteiger charge is -1.99. The summed E-state index contributed by atoms with van der Waals surface area (Å²) in [5.74, 6) is 0.422. The van der Waals surface area contributed by atoms with Gasteiger partial charge >= 0.3 is 0 Å². The summed E-state index contributed by atoms with van der Waals surface area (Å²) in [4.78, 5) is 11.7. The molecule has 1 N–H and O–H groups in total. The van der Waals surface area contributed by atoms with Gasteiger partial charge in [-0.3, -0.25) is 9.48 Å². The quantitative estimate of drug-likeness (QED) is 0.809. The van der Waals surface area contributed by atoms with Crippen LogP contribution in [0.25, 0.3) is 0 Å². The van der Waals surface area contributed by atoms with Crippen LogP contribution in [0.4, 0.5) is 5.69 Å². The van der Waals surface area contributed by atoms with Gasteiger partial charge in [0.05, 0.1) is 23.7 Å². The molecule has 0 fully saturated rings. The van der Waals surface area contributed by atoms with E-state index in [-0.39, 0.29) is 5.91 Å². The minimum atomic E-state index is -0.186. The highest BCUT2D eigenvalue weighted by molar-refractivity contribution is 6.04. The number of hydrogen-bond donors (Lipinski definition) is 1. The molecule has 0 aliphatic heterocycles. The molecule has 5 nitrogen and oxygen atoms in total. The van der Waals surface area contributed by atoms with Crippen molar-refractivity contribution in [3.05, 3.63) is 36.0 Å². The first-order valence-corrected chi connectivity index (χ1v) is 4.51. The Balaban J connectivity index is 2.14.